The van der Waals surface area contributed by atoms with Crippen LogP contribution in [-0.2, 0) is 11.2 Å². The van der Waals surface area contributed by atoms with Gasteiger partial charge < -0.3 is 15.1 Å². The first-order valence-electron chi connectivity index (χ1n) is 10.2. The molecule has 4 heteroatoms. The number of aryl methyl sites for hydroxylation is 1. The summed E-state index contributed by atoms with van der Waals surface area (Å²) in [5.41, 5.74) is 2.78. The Morgan fingerprint density at radius 2 is 2.00 bits per heavy atom. The number of benzene rings is 1. The zero-order chi connectivity index (χ0) is 17.1. The van der Waals surface area contributed by atoms with Crippen molar-refractivity contribution in [1.29, 1.82) is 0 Å². The van der Waals surface area contributed by atoms with Crippen molar-refractivity contribution in [2.75, 3.05) is 31.1 Å². The van der Waals surface area contributed by atoms with Gasteiger partial charge in [-0.05, 0) is 50.3 Å². The second-order valence-corrected chi connectivity index (χ2v) is 7.82. The predicted molar refractivity (Wildman–Crippen MR) is 102 cm³/mol. The van der Waals surface area contributed by atoms with Crippen LogP contribution in [-0.4, -0.2) is 49.1 Å². The highest BCUT2D eigenvalue weighted by atomic mass is 16.2. The summed E-state index contributed by atoms with van der Waals surface area (Å²) in [6.07, 6.45) is 9.11. The molecule has 0 aromatic heterocycles. The fourth-order valence-electron chi connectivity index (χ4n) is 4.94. The molecule has 3 heterocycles. The monoisotopic (exact) mass is 341 g/mol. The number of carbonyl (C=O) groups excluding carboxylic acids is 1. The van der Waals surface area contributed by atoms with Gasteiger partial charge in [0.05, 0.1) is 0 Å². The maximum atomic E-state index is 13.0. The predicted octanol–water partition coefficient (Wildman–Crippen LogP) is 2.96. The quantitative estimate of drug-likeness (QED) is 0.918. The van der Waals surface area contributed by atoms with Crippen LogP contribution in [0.4, 0.5) is 5.69 Å². The van der Waals surface area contributed by atoms with E-state index in [1.54, 1.807) is 0 Å². The van der Waals surface area contributed by atoms with Gasteiger partial charge >= 0.3 is 0 Å². The number of para-hydroxylation sites is 1. The van der Waals surface area contributed by atoms with Crippen LogP contribution in [0.15, 0.2) is 24.3 Å². The van der Waals surface area contributed by atoms with Crippen molar-refractivity contribution >= 4 is 11.6 Å². The largest absolute Gasteiger partial charge is 0.371 e. The van der Waals surface area contributed by atoms with Crippen LogP contribution in [0.25, 0.3) is 0 Å². The van der Waals surface area contributed by atoms with Gasteiger partial charge in [0.1, 0.15) is 0 Å². The van der Waals surface area contributed by atoms with Crippen LogP contribution in [0.2, 0.25) is 0 Å². The third-order valence-corrected chi connectivity index (χ3v) is 6.25. The van der Waals surface area contributed by atoms with Crippen molar-refractivity contribution in [2.24, 2.45) is 0 Å². The van der Waals surface area contributed by atoms with E-state index in [0.29, 0.717) is 24.4 Å². The molecule has 0 bridgehead atoms. The summed E-state index contributed by atoms with van der Waals surface area (Å²) in [5, 5.41) is 3.63. The smallest absolute Gasteiger partial charge is 0.224 e. The van der Waals surface area contributed by atoms with E-state index in [-0.39, 0.29) is 0 Å². The van der Waals surface area contributed by atoms with E-state index in [0.717, 1.165) is 32.6 Å². The highest BCUT2D eigenvalue weighted by Gasteiger charge is 2.34. The first kappa shape index (κ1) is 16.9. The molecule has 25 heavy (non-hydrogen) atoms. The van der Waals surface area contributed by atoms with Gasteiger partial charge in [-0.1, -0.05) is 31.0 Å². The lowest BCUT2D eigenvalue weighted by Gasteiger charge is -2.36. The number of nitrogens with zero attached hydrogens (tertiary/aromatic N) is 2. The van der Waals surface area contributed by atoms with E-state index >= 15 is 0 Å². The number of carbonyl (C=O) groups is 1. The Kier molecular flexibility index (Phi) is 5.25. The minimum Gasteiger partial charge on any atom is -0.371 e. The van der Waals surface area contributed by atoms with Crippen LogP contribution >= 0.6 is 0 Å². The molecule has 2 fully saturated rings. The third-order valence-electron chi connectivity index (χ3n) is 6.25. The maximum Gasteiger partial charge on any atom is 0.224 e. The molecule has 1 aromatic carbocycles. The van der Waals surface area contributed by atoms with Gasteiger partial charge in [-0.3, -0.25) is 4.79 Å². The molecule has 136 valence electrons. The summed E-state index contributed by atoms with van der Waals surface area (Å²) in [7, 11) is 0. The molecule has 3 aliphatic rings. The van der Waals surface area contributed by atoms with Crippen molar-refractivity contribution in [1.82, 2.24) is 10.2 Å². The fraction of sp³-hybridized carbons (Fsp3) is 0.667. The summed E-state index contributed by atoms with van der Waals surface area (Å²) in [5.74, 6) is 0.364. The number of hydrogen-bond acceptors (Lipinski definition) is 3. The highest BCUT2D eigenvalue weighted by molar-refractivity contribution is 5.77. The Labute approximate surface area is 151 Å². The van der Waals surface area contributed by atoms with E-state index < -0.39 is 0 Å². The molecule has 0 saturated carbocycles. The zero-order valence-corrected chi connectivity index (χ0v) is 15.3. The van der Waals surface area contributed by atoms with Gasteiger partial charge in [0.25, 0.3) is 0 Å². The summed E-state index contributed by atoms with van der Waals surface area (Å²) >= 11 is 0. The third kappa shape index (κ3) is 3.69. The SMILES string of the molecule is O=C(CCN1CCCc2ccccc21)N1CCCCC[C@H]2NCC[C@@H]21. The van der Waals surface area contributed by atoms with Crippen molar-refractivity contribution in [2.45, 2.75) is 63.5 Å². The maximum absolute atomic E-state index is 13.0. The molecule has 0 unspecified atom stereocenters. The summed E-state index contributed by atoms with van der Waals surface area (Å²) in [6, 6.07) is 9.65. The van der Waals surface area contributed by atoms with Gasteiger partial charge in [-0.15, -0.1) is 0 Å². The van der Waals surface area contributed by atoms with Gasteiger partial charge in [0, 0.05) is 43.8 Å². The van der Waals surface area contributed by atoms with Crippen molar-refractivity contribution in [3.63, 3.8) is 0 Å². The van der Waals surface area contributed by atoms with Gasteiger partial charge in [-0.25, -0.2) is 0 Å². The Morgan fingerprint density at radius 3 is 2.96 bits per heavy atom. The molecule has 2 saturated heterocycles. The van der Waals surface area contributed by atoms with E-state index in [2.05, 4.69) is 39.4 Å². The molecule has 1 N–H and O–H groups in total. The Morgan fingerprint density at radius 1 is 1.08 bits per heavy atom. The number of rotatable bonds is 3. The van der Waals surface area contributed by atoms with E-state index in [1.807, 2.05) is 0 Å². The summed E-state index contributed by atoms with van der Waals surface area (Å²) < 4.78 is 0. The Bertz CT molecular complexity index is 603. The molecule has 1 amide bonds. The minimum atomic E-state index is 0.364. The number of fused-ring (bicyclic) bond motifs is 2. The standard InChI is InChI=1S/C21H31N3O/c25-21(24-15-5-1-2-9-18-20(24)11-13-22-18)12-16-23-14-6-8-17-7-3-4-10-19(17)23/h3-4,7,10,18,20,22H,1-2,5-6,8-9,11-16H2/t18-,20+/m1/s1. The zero-order valence-electron chi connectivity index (χ0n) is 15.3. The number of nitrogens with one attached hydrogen (secondary N) is 1. The lowest BCUT2D eigenvalue weighted by molar-refractivity contribution is -0.134. The molecule has 3 aliphatic heterocycles. The molecule has 0 spiro atoms. The average Bonchev–Trinajstić information content (AvgIpc) is 3.07. The number of anilines is 1. The Hall–Kier alpha value is -1.55. The first-order chi connectivity index (χ1) is 12.3. The van der Waals surface area contributed by atoms with Gasteiger partial charge in [0.2, 0.25) is 5.91 Å². The normalized spacial score (nSPS) is 26.6. The second kappa shape index (κ2) is 7.77. The number of hydrogen-bond donors (Lipinski definition) is 1. The molecular weight excluding hydrogens is 310 g/mol. The molecule has 0 radical (unpaired) electrons. The molecular formula is C21H31N3O. The number of likely N-dealkylation sites (tertiary alicyclic amines) is 1. The molecule has 2 atom stereocenters. The average molecular weight is 341 g/mol. The van der Waals surface area contributed by atoms with Crippen LogP contribution in [0.5, 0.6) is 0 Å². The topological polar surface area (TPSA) is 35.6 Å². The molecule has 4 nitrogen and oxygen atoms in total. The molecule has 1 aromatic rings. The van der Waals surface area contributed by atoms with E-state index in [4.69, 9.17) is 0 Å². The van der Waals surface area contributed by atoms with Crippen LogP contribution in [0.3, 0.4) is 0 Å². The second-order valence-electron chi connectivity index (χ2n) is 7.82. The minimum absolute atomic E-state index is 0.364. The Balaban J connectivity index is 1.40. The van der Waals surface area contributed by atoms with E-state index in [1.165, 1.54) is 49.8 Å². The van der Waals surface area contributed by atoms with E-state index in [9.17, 15) is 4.79 Å². The fourth-order valence-corrected chi connectivity index (χ4v) is 4.94. The first-order valence-corrected chi connectivity index (χ1v) is 10.2. The molecule has 0 aliphatic carbocycles. The van der Waals surface area contributed by atoms with Crippen molar-refractivity contribution in [3.8, 4) is 0 Å². The van der Waals surface area contributed by atoms with Crippen LogP contribution in [0.1, 0.15) is 50.5 Å². The van der Waals surface area contributed by atoms with Crippen molar-refractivity contribution < 1.29 is 4.79 Å². The van der Waals surface area contributed by atoms with Crippen molar-refractivity contribution in [3.05, 3.63) is 29.8 Å². The van der Waals surface area contributed by atoms with Gasteiger partial charge in [0.15, 0.2) is 0 Å². The summed E-state index contributed by atoms with van der Waals surface area (Å²) in [4.78, 5) is 17.7. The summed E-state index contributed by atoms with van der Waals surface area (Å²) in [6.45, 7) is 3.96. The highest BCUT2D eigenvalue weighted by Crippen LogP contribution is 2.28. The van der Waals surface area contributed by atoms with Crippen LogP contribution in [0, 0.1) is 0 Å². The molecule has 4 rings (SSSR count). The van der Waals surface area contributed by atoms with Crippen LogP contribution < -0.4 is 10.2 Å². The number of amides is 1. The lowest BCUT2D eigenvalue weighted by atomic mass is 9.97. The lowest BCUT2D eigenvalue weighted by Crippen LogP contribution is -2.49. The van der Waals surface area contributed by atoms with Gasteiger partial charge in [-0.2, -0.15) is 0 Å².